The van der Waals surface area contributed by atoms with Gasteiger partial charge in [0.15, 0.2) is 31.5 Å². The Kier molecular flexibility index (Phi) is 23.9. The molecule has 6 aliphatic heterocycles. The monoisotopic (exact) mass is 1200 g/mol. The molecule has 22 N–H and O–H groups in total. The van der Waals surface area contributed by atoms with Gasteiger partial charge < -0.3 is 165 Å². The topological polar surface area (TPSA) is 590 Å². The molecular formula is C45H75N3O34. The maximum Gasteiger partial charge on any atom is 0.364 e. The number of aliphatic hydroxyl groups excluding tert-OH is 18. The molecular weight excluding hydrogens is 1130 g/mol. The minimum Gasteiger partial charge on any atom is -0.477 e. The Morgan fingerprint density at radius 1 is 0.500 bits per heavy atom. The summed E-state index contributed by atoms with van der Waals surface area (Å²) in [6.07, 6.45) is -54.9. The highest BCUT2D eigenvalue weighted by Crippen LogP contribution is 2.39. The number of ether oxygens (including phenoxy) is 11. The fraction of sp³-hybridized carbons (Fsp3) is 0.911. The summed E-state index contributed by atoms with van der Waals surface area (Å²) >= 11 is 0. The fourth-order valence-corrected chi connectivity index (χ4v) is 10.3. The number of aliphatic carboxylic acids is 1. The van der Waals surface area contributed by atoms with E-state index in [0.29, 0.717) is 0 Å². The Bertz CT molecular complexity index is 2090. The lowest BCUT2D eigenvalue weighted by Crippen LogP contribution is -2.71. The molecule has 6 saturated heterocycles. The average Bonchev–Trinajstić information content (AvgIpc) is 3.52. The number of hydrogen-bond donors (Lipinski definition) is 22. The number of aliphatic hydroxyl groups is 18. The van der Waals surface area contributed by atoms with Gasteiger partial charge in [-0.05, 0) is 0 Å². The predicted octanol–water partition coefficient (Wildman–Crippen LogP) is -14.5. The number of amides is 3. The fourth-order valence-electron chi connectivity index (χ4n) is 10.3. The van der Waals surface area contributed by atoms with Gasteiger partial charge >= 0.3 is 5.97 Å². The Hall–Kier alpha value is -3.28. The number of rotatable bonds is 22. The molecule has 0 radical (unpaired) electrons. The van der Waals surface area contributed by atoms with Crippen LogP contribution in [0.2, 0.25) is 0 Å². The number of carboxylic acids is 1. The molecule has 3 amide bonds. The molecule has 0 saturated carbocycles. The molecule has 1 unspecified atom stereocenters. The average molecular weight is 1200 g/mol. The molecule has 6 fully saturated rings. The van der Waals surface area contributed by atoms with Crippen molar-refractivity contribution in [1.82, 2.24) is 16.0 Å². The van der Waals surface area contributed by atoms with Gasteiger partial charge in [-0.3, -0.25) is 14.4 Å². The zero-order valence-electron chi connectivity index (χ0n) is 43.9. The van der Waals surface area contributed by atoms with Crippen molar-refractivity contribution in [2.75, 3.05) is 39.6 Å². The van der Waals surface area contributed by atoms with Crippen LogP contribution in [0.3, 0.4) is 0 Å². The summed E-state index contributed by atoms with van der Waals surface area (Å²) in [4.78, 5) is 50.1. The number of carbonyl (C=O) groups excluding carboxylic acids is 3. The van der Waals surface area contributed by atoms with Crippen LogP contribution >= 0.6 is 0 Å². The van der Waals surface area contributed by atoms with E-state index in [-0.39, 0.29) is 0 Å². The highest BCUT2D eigenvalue weighted by molar-refractivity contribution is 5.77. The largest absolute Gasteiger partial charge is 0.477 e. The molecule has 0 aromatic heterocycles. The van der Waals surface area contributed by atoms with Gasteiger partial charge in [0.05, 0.1) is 51.8 Å². The van der Waals surface area contributed by atoms with Gasteiger partial charge in [-0.15, -0.1) is 0 Å². The Labute approximate surface area is 463 Å². The summed E-state index contributed by atoms with van der Waals surface area (Å²) in [7, 11) is 0. The van der Waals surface area contributed by atoms with Crippen molar-refractivity contribution in [2.45, 2.75) is 217 Å². The zero-order valence-corrected chi connectivity index (χ0v) is 43.9. The third-order valence-corrected chi connectivity index (χ3v) is 14.6. The van der Waals surface area contributed by atoms with E-state index in [1.54, 1.807) is 0 Å². The van der Waals surface area contributed by atoms with E-state index in [1.807, 2.05) is 0 Å². The number of hydrogen-bond acceptors (Lipinski definition) is 33. The zero-order chi connectivity index (χ0) is 61.0. The lowest BCUT2D eigenvalue weighted by molar-refractivity contribution is -0.382. The highest BCUT2D eigenvalue weighted by Gasteiger charge is 2.61. The minimum absolute atomic E-state index is 0.828. The van der Waals surface area contributed by atoms with Crippen LogP contribution in [-0.2, 0) is 71.3 Å². The van der Waals surface area contributed by atoms with Crippen LogP contribution in [0.1, 0.15) is 27.2 Å². The molecule has 37 nitrogen and oxygen atoms in total. The van der Waals surface area contributed by atoms with Crippen molar-refractivity contribution < 1.29 is 168 Å². The summed E-state index contributed by atoms with van der Waals surface area (Å²) in [6.45, 7) is -3.13. The summed E-state index contributed by atoms with van der Waals surface area (Å²) < 4.78 is 62.5. The Morgan fingerprint density at radius 2 is 0.951 bits per heavy atom. The number of carbonyl (C=O) groups is 4. The predicted molar refractivity (Wildman–Crippen MR) is 251 cm³/mol. The third kappa shape index (κ3) is 14.7. The quantitative estimate of drug-likeness (QED) is 0.0479. The van der Waals surface area contributed by atoms with Crippen molar-refractivity contribution in [3.63, 3.8) is 0 Å². The summed E-state index contributed by atoms with van der Waals surface area (Å²) in [5.74, 6) is -7.84. The van der Waals surface area contributed by atoms with Crippen molar-refractivity contribution in [2.24, 2.45) is 0 Å². The Morgan fingerprint density at radius 3 is 1.48 bits per heavy atom. The van der Waals surface area contributed by atoms with E-state index in [4.69, 9.17) is 52.1 Å². The van der Waals surface area contributed by atoms with Crippen LogP contribution < -0.4 is 16.0 Å². The third-order valence-electron chi connectivity index (χ3n) is 14.6. The van der Waals surface area contributed by atoms with Gasteiger partial charge in [0.25, 0.3) is 5.79 Å². The number of carboxylic acid groups (broad SMARTS) is 1. The van der Waals surface area contributed by atoms with E-state index in [2.05, 4.69) is 16.0 Å². The maximum absolute atomic E-state index is 13.0. The van der Waals surface area contributed by atoms with Gasteiger partial charge in [0.2, 0.25) is 17.7 Å². The molecule has 6 heterocycles. The van der Waals surface area contributed by atoms with Crippen LogP contribution in [0.15, 0.2) is 0 Å². The molecule has 0 spiro atoms. The van der Waals surface area contributed by atoms with Crippen LogP contribution in [0.5, 0.6) is 0 Å². The Balaban J connectivity index is 1.19. The first-order valence-corrected chi connectivity index (χ1v) is 25.7. The standard InChI is InChI=1S/C45H75N3O34/c1-11(54)46-21-14(57)4-45(44(70)71,81-37(21)24(59)15(58)5-49)82-38-26(61)17(7-51)75-43(33(38)68)80-36-23(48-13(3)56)39(69)73-20(27(36)62)10-72-40-22(47-12(2)55)28(63)34(18(8-52)76-40)78-42-32(67)30(65)35(19(9-53)77-42)79-41-31(66)29(64)25(60)16(6-50)74-41/h14-43,49-53,57-69H,4-10H2,1-3H3,(H,46,54)(H,47,55)(H,48,56)(H,70,71)/t14-,15+,16+,17+,18+,19+,20+,21+,22+,23+,24+,25-,26-,27-,28+,29-,30+,31+,32+,33+,34+,35-,36+,37+,38-,39?,40+,41-,42-,43-,45-/m0/s1. The van der Waals surface area contributed by atoms with E-state index in [9.17, 15) is 116 Å². The maximum atomic E-state index is 13.0. The normalized spacial score (nSPS) is 46.3. The second kappa shape index (κ2) is 28.9. The van der Waals surface area contributed by atoms with Gasteiger partial charge in [-0.2, -0.15) is 0 Å². The first kappa shape index (κ1) is 67.8. The minimum atomic E-state index is -3.21. The molecule has 0 aromatic rings. The molecule has 82 heavy (non-hydrogen) atoms. The smallest absolute Gasteiger partial charge is 0.364 e. The highest BCUT2D eigenvalue weighted by atomic mass is 16.8. The summed E-state index contributed by atoms with van der Waals surface area (Å²) in [5, 5.41) is 211. The van der Waals surface area contributed by atoms with Crippen molar-refractivity contribution in [1.29, 1.82) is 0 Å². The molecule has 31 atom stereocenters. The van der Waals surface area contributed by atoms with E-state index in [0.717, 1.165) is 20.8 Å². The second-order valence-electron chi connectivity index (χ2n) is 20.4. The molecule has 0 aromatic carbocycles. The lowest BCUT2D eigenvalue weighted by atomic mass is 9.88. The first-order chi connectivity index (χ1) is 38.6. The first-order valence-electron chi connectivity index (χ1n) is 25.7. The molecule has 37 heteroatoms. The molecule has 6 aliphatic rings. The van der Waals surface area contributed by atoms with E-state index >= 15 is 0 Å². The number of nitrogens with one attached hydrogen (secondary N) is 3. The van der Waals surface area contributed by atoms with Crippen LogP contribution in [0.4, 0.5) is 0 Å². The molecule has 0 bridgehead atoms. The molecule has 0 aliphatic carbocycles. The molecule has 474 valence electrons. The SMILES string of the molecule is CC(=O)N[C@H]1[C@H](OC[C@H]2OC(O)[C@H](NC(C)=O)[C@@H](O[C@@H]3O[C@H](CO)[C@H](O)[C@H](O[C@]4(C(=O)O)C[C@H](O)[C@@H](NC(C)=O)[C@H]([C@H](O)[C@H](O)CO)O4)[C@H]3O)[C@H]2O)O[C@H](CO)[C@@H](O[C@@H]2O[C@H](CO)[C@H](O[C@@H]3O[C@H](CO)[C@H](O)[C@H](O)[C@H]3O)[C@H](O)[C@H]2O)[C@@H]1O. The lowest BCUT2D eigenvalue weighted by Gasteiger charge is -2.51. The van der Waals surface area contributed by atoms with Crippen LogP contribution in [-0.4, -0.2) is 350 Å². The van der Waals surface area contributed by atoms with Crippen molar-refractivity contribution in [3.05, 3.63) is 0 Å². The summed E-state index contributed by atoms with van der Waals surface area (Å²) in [5.41, 5.74) is 0. The van der Waals surface area contributed by atoms with Gasteiger partial charge in [-0.25, -0.2) is 4.79 Å². The second-order valence-corrected chi connectivity index (χ2v) is 20.4. The van der Waals surface area contributed by atoms with Crippen molar-refractivity contribution >= 4 is 23.7 Å². The van der Waals surface area contributed by atoms with Gasteiger partial charge in [0.1, 0.15) is 140 Å². The summed E-state index contributed by atoms with van der Waals surface area (Å²) in [6, 6.07) is -5.20. The van der Waals surface area contributed by atoms with Crippen LogP contribution in [0, 0.1) is 0 Å². The van der Waals surface area contributed by atoms with E-state index < -0.39 is 259 Å². The van der Waals surface area contributed by atoms with Gasteiger partial charge in [-0.1, -0.05) is 0 Å². The van der Waals surface area contributed by atoms with E-state index in [1.165, 1.54) is 0 Å². The van der Waals surface area contributed by atoms with Gasteiger partial charge in [0, 0.05) is 27.2 Å². The van der Waals surface area contributed by atoms with Crippen LogP contribution in [0.25, 0.3) is 0 Å². The molecule has 6 rings (SSSR count). The van der Waals surface area contributed by atoms with Crippen molar-refractivity contribution in [3.8, 4) is 0 Å².